The molecule has 0 radical (unpaired) electrons. The highest BCUT2D eigenvalue weighted by Gasteiger charge is 2.59. The molecule has 5 rings (SSSR count). The molecule has 0 unspecified atom stereocenters. The van der Waals surface area contributed by atoms with Crippen LogP contribution in [0.15, 0.2) is 36.2 Å². The van der Waals surface area contributed by atoms with E-state index in [0.717, 1.165) is 54.8 Å². The van der Waals surface area contributed by atoms with Gasteiger partial charge in [-0.25, -0.2) is 4.79 Å². The third-order valence-electron chi connectivity index (χ3n) is 11.4. The van der Waals surface area contributed by atoms with E-state index in [1.807, 2.05) is 0 Å². The minimum absolute atomic E-state index is 0.00462. The molecule has 1 heterocycles. The second kappa shape index (κ2) is 10.3. The van der Waals surface area contributed by atoms with Gasteiger partial charge in [-0.1, -0.05) is 65.5 Å². The van der Waals surface area contributed by atoms with E-state index >= 15 is 0 Å². The number of hydrogen-bond donors (Lipinski definition) is 0. The quantitative estimate of drug-likeness (QED) is 0.283. The average Bonchev–Trinajstić information content (AvgIpc) is 3.22. The Bertz CT molecular complexity index is 954. The minimum atomic E-state index is -0.223. The van der Waals surface area contributed by atoms with Crippen molar-refractivity contribution in [1.82, 2.24) is 4.98 Å². The van der Waals surface area contributed by atoms with Crippen LogP contribution in [0.5, 0.6) is 0 Å². The van der Waals surface area contributed by atoms with Crippen LogP contribution in [0.2, 0.25) is 0 Å². The second-order valence-electron chi connectivity index (χ2n) is 13.8. The van der Waals surface area contributed by atoms with Crippen molar-refractivity contribution in [2.24, 2.45) is 46.3 Å². The molecule has 4 aliphatic rings. The molecule has 0 amide bonds. The van der Waals surface area contributed by atoms with E-state index in [1.165, 1.54) is 51.4 Å². The Hall–Kier alpha value is -1.64. The summed E-state index contributed by atoms with van der Waals surface area (Å²) < 4.78 is 5.96. The van der Waals surface area contributed by atoms with Gasteiger partial charge in [0.2, 0.25) is 0 Å². The second-order valence-corrected chi connectivity index (χ2v) is 13.8. The molecule has 198 valence electrons. The Morgan fingerprint density at radius 2 is 1.92 bits per heavy atom. The number of ether oxygens (including phenoxy) is 1. The van der Waals surface area contributed by atoms with Gasteiger partial charge in [0.1, 0.15) is 6.10 Å². The number of allylic oxidation sites excluding steroid dienone is 1. The first kappa shape index (κ1) is 26.0. The molecule has 3 heteroatoms. The van der Waals surface area contributed by atoms with E-state index in [-0.39, 0.29) is 12.1 Å². The van der Waals surface area contributed by atoms with Crippen molar-refractivity contribution in [1.29, 1.82) is 0 Å². The van der Waals surface area contributed by atoms with Crippen LogP contribution in [0.3, 0.4) is 0 Å². The highest BCUT2D eigenvalue weighted by molar-refractivity contribution is 5.89. The van der Waals surface area contributed by atoms with Gasteiger partial charge in [-0.3, -0.25) is 4.98 Å². The number of fused-ring (bicyclic) bond motifs is 5. The van der Waals surface area contributed by atoms with E-state index in [1.54, 1.807) is 30.1 Å². The van der Waals surface area contributed by atoms with Crippen molar-refractivity contribution in [3.05, 3.63) is 41.7 Å². The van der Waals surface area contributed by atoms with Gasteiger partial charge in [0, 0.05) is 18.8 Å². The molecule has 0 spiro atoms. The summed E-state index contributed by atoms with van der Waals surface area (Å²) in [4.78, 5) is 16.7. The number of hydrogen-bond acceptors (Lipinski definition) is 3. The maximum Gasteiger partial charge on any atom is 0.339 e. The summed E-state index contributed by atoms with van der Waals surface area (Å²) >= 11 is 0. The van der Waals surface area contributed by atoms with Gasteiger partial charge in [0.05, 0.1) is 5.56 Å². The monoisotopic (exact) mass is 491 g/mol. The molecule has 0 saturated heterocycles. The molecule has 3 saturated carbocycles. The van der Waals surface area contributed by atoms with Gasteiger partial charge in [0.25, 0.3) is 0 Å². The molecule has 0 bridgehead atoms. The minimum Gasteiger partial charge on any atom is -0.458 e. The number of carbonyl (C=O) groups is 1. The van der Waals surface area contributed by atoms with E-state index in [4.69, 9.17) is 4.74 Å². The number of carbonyl (C=O) groups excluding carboxylic acids is 1. The van der Waals surface area contributed by atoms with Crippen LogP contribution in [0, 0.1) is 46.3 Å². The van der Waals surface area contributed by atoms with Crippen LogP contribution in [-0.2, 0) is 4.74 Å². The number of pyridine rings is 1. The normalized spacial score (nSPS) is 38.5. The van der Waals surface area contributed by atoms with E-state index in [0.29, 0.717) is 16.4 Å². The lowest BCUT2D eigenvalue weighted by Gasteiger charge is -2.58. The fourth-order valence-electron chi connectivity index (χ4n) is 9.46. The summed E-state index contributed by atoms with van der Waals surface area (Å²) in [7, 11) is 0. The van der Waals surface area contributed by atoms with Gasteiger partial charge >= 0.3 is 5.97 Å². The predicted molar refractivity (Wildman–Crippen MR) is 146 cm³/mol. The molecular formula is C33H49NO2. The molecular weight excluding hydrogens is 442 g/mol. The van der Waals surface area contributed by atoms with Crippen LogP contribution in [0.25, 0.3) is 0 Å². The van der Waals surface area contributed by atoms with Crippen molar-refractivity contribution in [3.63, 3.8) is 0 Å². The highest BCUT2D eigenvalue weighted by Crippen LogP contribution is 2.67. The molecule has 3 fully saturated rings. The Labute approximate surface area is 219 Å². The van der Waals surface area contributed by atoms with Crippen molar-refractivity contribution in [2.45, 2.75) is 111 Å². The van der Waals surface area contributed by atoms with Gasteiger partial charge in [-0.05, 0) is 103 Å². The summed E-state index contributed by atoms with van der Waals surface area (Å²) in [6, 6.07) is 3.60. The summed E-state index contributed by atoms with van der Waals surface area (Å²) in [6.07, 6.45) is 20.1. The lowest BCUT2D eigenvalue weighted by Crippen LogP contribution is -2.51. The maximum atomic E-state index is 12.6. The predicted octanol–water partition coefficient (Wildman–Crippen LogP) is 8.65. The summed E-state index contributed by atoms with van der Waals surface area (Å²) in [5.41, 5.74) is 2.97. The van der Waals surface area contributed by atoms with Gasteiger partial charge in [0.15, 0.2) is 0 Å². The lowest BCUT2D eigenvalue weighted by molar-refractivity contribution is -0.0594. The number of nitrogens with zero attached hydrogens (tertiary/aromatic N) is 1. The van der Waals surface area contributed by atoms with Crippen LogP contribution in [-0.4, -0.2) is 17.1 Å². The molecule has 4 aliphatic carbocycles. The molecule has 3 nitrogen and oxygen atoms in total. The lowest BCUT2D eigenvalue weighted by atomic mass is 9.47. The summed E-state index contributed by atoms with van der Waals surface area (Å²) in [5.74, 6) is 4.93. The van der Waals surface area contributed by atoms with Crippen molar-refractivity contribution in [2.75, 3.05) is 0 Å². The first-order valence-corrected chi connectivity index (χ1v) is 15.0. The Kier molecular flexibility index (Phi) is 7.40. The molecule has 0 aliphatic heterocycles. The van der Waals surface area contributed by atoms with Crippen LogP contribution >= 0.6 is 0 Å². The molecule has 8 atom stereocenters. The highest BCUT2D eigenvalue weighted by atomic mass is 16.5. The fraction of sp³-hybridized carbons (Fsp3) is 0.758. The Morgan fingerprint density at radius 3 is 2.67 bits per heavy atom. The Morgan fingerprint density at radius 1 is 1.08 bits per heavy atom. The molecule has 0 N–H and O–H groups in total. The standard InChI is InChI=1S/C33H49NO2/c1-22(2)8-6-9-23(3)28-13-14-29-27-12-11-25-20-26(36-31(35)24-10-7-19-34-21-24)15-17-32(25,4)30(27)16-18-33(28,29)5/h7,10-11,19,21-23,26-30H,6,8-9,12-18,20H2,1-5H3/t23-,26+,27-,28-,29+,30-,32-,33+/m0/s1. The smallest absolute Gasteiger partial charge is 0.339 e. The molecule has 1 aromatic heterocycles. The molecule has 0 aromatic carbocycles. The van der Waals surface area contributed by atoms with Gasteiger partial charge in [-0.15, -0.1) is 0 Å². The van der Waals surface area contributed by atoms with Crippen molar-refractivity contribution >= 4 is 5.97 Å². The summed E-state index contributed by atoms with van der Waals surface area (Å²) in [6.45, 7) is 12.5. The Balaban J connectivity index is 1.25. The maximum absolute atomic E-state index is 12.6. The SMILES string of the molecule is CC(C)CCC[C@H](C)[C@@H]1CC[C@@H]2[C@@H]3CC=C4C[C@H](OC(=O)c5cccnc5)CC[C@]4(C)[C@H]3CC[C@@]21C. The number of aromatic nitrogens is 1. The average molecular weight is 492 g/mol. The zero-order valence-electron chi connectivity index (χ0n) is 23.5. The molecule has 36 heavy (non-hydrogen) atoms. The third kappa shape index (κ3) is 4.69. The third-order valence-corrected chi connectivity index (χ3v) is 11.4. The first-order chi connectivity index (χ1) is 17.2. The van der Waals surface area contributed by atoms with Crippen LogP contribution in [0.4, 0.5) is 0 Å². The topological polar surface area (TPSA) is 39.2 Å². The number of rotatable bonds is 7. The van der Waals surface area contributed by atoms with Crippen molar-refractivity contribution in [3.8, 4) is 0 Å². The van der Waals surface area contributed by atoms with E-state index in [9.17, 15) is 4.79 Å². The summed E-state index contributed by atoms with van der Waals surface area (Å²) in [5, 5.41) is 0. The van der Waals surface area contributed by atoms with Gasteiger partial charge in [-0.2, -0.15) is 0 Å². The molecule has 1 aromatic rings. The zero-order chi connectivity index (χ0) is 25.5. The zero-order valence-corrected chi connectivity index (χ0v) is 23.5. The number of esters is 1. The largest absolute Gasteiger partial charge is 0.458 e. The van der Waals surface area contributed by atoms with Gasteiger partial charge < -0.3 is 4.74 Å². The fourth-order valence-corrected chi connectivity index (χ4v) is 9.46. The van der Waals surface area contributed by atoms with Crippen LogP contribution in [0.1, 0.15) is 116 Å². The van der Waals surface area contributed by atoms with E-state index < -0.39 is 0 Å². The van der Waals surface area contributed by atoms with Crippen LogP contribution < -0.4 is 0 Å². The first-order valence-electron chi connectivity index (χ1n) is 15.0. The van der Waals surface area contributed by atoms with Crippen molar-refractivity contribution < 1.29 is 9.53 Å². The van der Waals surface area contributed by atoms with E-state index in [2.05, 4.69) is 45.7 Å².